The van der Waals surface area contributed by atoms with E-state index in [0.29, 0.717) is 5.92 Å². The van der Waals surface area contributed by atoms with Gasteiger partial charge in [-0.25, -0.2) is 5.43 Å². The highest BCUT2D eigenvalue weighted by molar-refractivity contribution is 7.80. The summed E-state index contributed by atoms with van der Waals surface area (Å²) in [5.41, 5.74) is 4.54. The van der Waals surface area contributed by atoms with E-state index in [4.69, 9.17) is 12.2 Å². The Labute approximate surface area is 121 Å². The molecule has 4 heteroatoms. The number of nitrogens with zero attached hydrogens (tertiary/aromatic N) is 1. The molecule has 1 heterocycles. The zero-order valence-electron chi connectivity index (χ0n) is 11.9. The predicted molar refractivity (Wildman–Crippen MR) is 84.9 cm³/mol. The third kappa shape index (κ3) is 3.25. The normalized spacial score (nSPS) is 22.9. The maximum atomic E-state index is 5.47. The highest BCUT2D eigenvalue weighted by Gasteiger charge is 2.38. The molecule has 0 radical (unpaired) electrons. The molecule has 1 fully saturated rings. The molecule has 104 valence electrons. The van der Waals surface area contributed by atoms with Crippen LogP contribution in [0.15, 0.2) is 30.3 Å². The zero-order valence-corrected chi connectivity index (χ0v) is 12.8. The first kappa shape index (κ1) is 14.3. The number of hydrazine groups is 1. The Bertz CT molecular complexity index is 432. The van der Waals surface area contributed by atoms with Gasteiger partial charge in [-0.15, -0.1) is 0 Å². The molecule has 1 aliphatic heterocycles. The first-order chi connectivity index (χ1) is 9.06. The highest BCUT2D eigenvalue weighted by atomic mass is 32.1. The van der Waals surface area contributed by atoms with Crippen molar-refractivity contribution in [1.82, 2.24) is 10.7 Å². The Morgan fingerprint density at radius 3 is 2.53 bits per heavy atom. The molecule has 1 atom stereocenters. The molecule has 1 aliphatic rings. The van der Waals surface area contributed by atoms with Gasteiger partial charge in [0.05, 0.1) is 5.69 Å². The summed E-state index contributed by atoms with van der Waals surface area (Å²) in [5.74, 6) is 0.700. The number of nitrogens with one attached hydrogen (secondary N) is 2. The average Bonchev–Trinajstić information content (AvgIpc) is 2.76. The lowest BCUT2D eigenvalue weighted by molar-refractivity contribution is 0.280. The van der Waals surface area contributed by atoms with Gasteiger partial charge in [0.15, 0.2) is 5.11 Å². The molecule has 1 aromatic rings. The van der Waals surface area contributed by atoms with Crippen LogP contribution in [-0.4, -0.2) is 10.8 Å². The monoisotopic (exact) mass is 277 g/mol. The molecule has 1 saturated heterocycles. The van der Waals surface area contributed by atoms with Crippen LogP contribution in [0.5, 0.6) is 0 Å². The van der Waals surface area contributed by atoms with Gasteiger partial charge in [-0.3, -0.25) is 5.01 Å². The number of benzene rings is 1. The fourth-order valence-electron chi connectivity index (χ4n) is 2.31. The van der Waals surface area contributed by atoms with Gasteiger partial charge in [0.1, 0.15) is 5.66 Å². The molecule has 0 saturated carbocycles. The van der Waals surface area contributed by atoms with Crippen LogP contribution in [0.25, 0.3) is 0 Å². The molecule has 1 unspecified atom stereocenters. The Morgan fingerprint density at radius 1 is 1.26 bits per heavy atom. The summed E-state index contributed by atoms with van der Waals surface area (Å²) in [7, 11) is 0. The van der Waals surface area contributed by atoms with E-state index >= 15 is 0 Å². The van der Waals surface area contributed by atoms with E-state index in [-0.39, 0.29) is 5.66 Å². The number of hydrogen-bond acceptors (Lipinski definition) is 2. The third-order valence-corrected chi connectivity index (χ3v) is 3.93. The van der Waals surface area contributed by atoms with Gasteiger partial charge in [0.2, 0.25) is 0 Å². The van der Waals surface area contributed by atoms with Gasteiger partial charge < -0.3 is 5.32 Å². The van der Waals surface area contributed by atoms with Gasteiger partial charge in [0.25, 0.3) is 0 Å². The van der Waals surface area contributed by atoms with Crippen molar-refractivity contribution in [3.8, 4) is 0 Å². The summed E-state index contributed by atoms with van der Waals surface area (Å²) in [6, 6.07) is 10.2. The zero-order chi connectivity index (χ0) is 13.9. The molecule has 0 spiro atoms. The van der Waals surface area contributed by atoms with Crippen molar-refractivity contribution in [3.05, 3.63) is 30.3 Å². The first-order valence-electron chi connectivity index (χ1n) is 7.01. The summed E-state index contributed by atoms with van der Waals surface area (Å²) >= 11 is 5.47. The Morgan fingerprint density at radius 2 is 1.95 bits per heavy atom. The smallest absolute Gasteiger partial charge is 0.189 e. The maximum Gasteiger partial charge on any atom is 0.189 e. The van der Waals surface area contributed by atoms with Crippen LogP contribution in [0.1, 0.15) is 40.0 Å². The molecular weight excluding hydrogens is 254 g/mol. The summed E-state index contributed by atoms with van der Waals surface area (Å²) in [5, 5.41) is 6.21. The van der Waals surface area contributed by atoms with Crippen LogP contribution in [0.4, 0.5) is 5.69 Å². The predicted octanol–water partition coefficient (Wildman–Crippen LogP) is 3.43. The Balaban J connectivity index is 2.12. The van der Waals surface area contributed by atoms with Crippen molar-refractivity contribution in [2.75, 3.05) is 5.01 Å². The lowest BCUT2D eigenvalue weighted by Gasteiger charge is -2.29. The maximum absolute atomic E-state index is 5.47. The van der Waals surface area contributed by atoms with Crippen LogP contribution < -0.4 is 15.8 Å². The number of rotatable bonds is 5. The van der Waals surface area contributed by atoms with E-state index in [2.05, 4.69) is 43.6 Å². The lowest BCUT2D eigenvalue weighted by atomic mass is 9.97. The molecule has 19 heavy (non-hydrogen) atoms. The van der Waals surface area contributed by atoms with Crippen LogP contribution in [0, 0.1) is 5.92 Å². The number of hydrogen-bond donors (Lipinski definition) is 2. The minimum Gasteiger partial charge on any atom is -0.342 e. The van der Waals surface area contributed by atoms with Crippen molar-refractivity contribution >= 4 is 23.0 Å². The second kappa shape index (κ2) is 5.88. The van der Waals surface area contributed by atoms with Gasteiger partial charge >= 0.3 is 0 Å². The van der Waals surface area contributed by atoms with E-state index in [1.807, 2.05) is 23.2 Å². The van der Waals surface area contributed by atoms with Gasteiger partial charge in [-0.1, -0.05) is 39.0 Å². The minimum atomic E-state index is -0.100. The van der Waals surface area contributed by atoms with Crippen LogP contribution >= 0.6 is 12.2 Å². The summed E-state index contributed by atoms with van der Waals surface area (Å²) in [6.07, 6.45) is 3.26. The van der Waals surface area contributed by atoms with Crippen LogP contribution in [0.2, 0.25) is 0 Å². The third-order valence-electron chi connectivity index (χ3n) is 3.64. The molecule has 0 amide bonds. The van der Waals surface area contributed by atoms with Crippen molar-refractivity contribution in [2.24, 2.45) is 5.92 Å². The summed E-state index contributed by atoms with van der Waals surface area (Å²) in [4.78, 5) is 0. The van der Waals surface area contributed by atoms with Crippen molar-refractivity contribution in [1.29, 1.82) is 0 Å². The molecule has 0 aliphatic carbocycles. The van der Waals surface area contributed by atoms with E-state index in [1.165, 1.54) is 6.42 Å². The van der Waals surface area contributed by atoms with E-state index in [9.17, 15) is 0 Å². The fourth-order valence-corrected chi connectivity index (χ4v) is 2.66. The van der Waals surface area contributed by atoms with Gasteiger partial charge in [-0.05, 0) is 49.5 Å². The number of anilines is 1. The Kier molecular flexibility index (Phi) is 4.42. The molecule has 0 bridgehead atoms. The van der Waals surface area contributed by atoms with Crippen LogP contribution in [0.3, 0.4) is 0 Å². The minimum absolute atomic E-state index is 0.100. The summed E-state index contributed by atoms with van der Waals surface area (Å²) < 4.78 is 0. The SMILES string of the molecule is CCC1(CCC(C)C)NC(=S)N(c2ccccc2)N1. The molecular formula is C15H23N3S. The molecule has 1 aromatic carbocycles. The second-order valence-electron chi connectivity index (χ2n) is 5.58. The lowest BCUT2D eigenvalue weighted by Crippen LogP contribution is -2.51. The van der Waals surface area contributed by atoms with Gasteiger partial charge in [0, 0.05) is 0 Å². The average molecular weight is 277 g/mol. The molecule has 2 N–H and O–H groups in total. The molecule has 0 aromatic heterocycles. The molecule has 2 rings (SSSR count). The number of para-hydroxylation sites is 1. The topological polar surface area (TPSA) is 27.3 Å². The van der Waals surface area contributed by atoms with Crippen LogP contribution in [-0.2, 0) is 0 Å². The quantitative estimate of drug-likeness (QED) is 0.806. The van der Waals surface area contributed by atoms with Crippen molar-refractivity contribution in [2.45, 2.75) is 45.7 Å². The fraction of sp³-hybridized carbons (Fsp3) is 0.533. The van der Waals surface area contributed by atoms with E-state index in [1.54, 1.807) is 0 Å². The standard InChI is InChI=1S/C15H23N3S/c1-4-15(11-10-12(2)3)16-14(19)18(17-15)13-8-6-5-7-9-13/h5-9,12,17H,4,10-11H2,1-3H3,(H,16,19). The summed E-state index contributed by atoms with van der Waals surface area (Å²) in [6.45, 7) is 6.70. The van der Waals surface area contributed by atoms with Crippen molar-refractivity contribution in [3.63, 3.8) is 0 Å². The second-order valence-corrected chi connectivity index (χ2v) is 5.97. The number of thiocarbonyl (C=S) groups is 1. The highest BCUT2D eigenvalue weighted by Crippen LogP contribution is 2.25. The Hall–Kier alpha value is -1.13. The van der Waals surface area contributed by atoms with Crippen molar-refractivity contribution < 1.29 is 0 Å². The van der Waals surface area contributed by atoms with E-state index in [0.717, 1.165) is 23.6 Å². The van der Waals surface area contributed by atoms with Gasteiger partial charge in [-0.2, -0.15) is 0 Å². The van der Waals surface area contributed by atoms with E-state index < -0.39 is 0 Å². The largest absolute Gasteiger partial charge is 0.342 e. The molecule has 3 nitrogen and oxygen atoms in total. The first-order valence-corrected chi connectivity index (χ1v) is 7.42.